The number of ether oxygens (including phenoxy) is 4. The van der Waals surface area contributed by atoms with Crippen LogP contribution in [0.2, 0.25) is 0 Å². The van der Waals surface area contributed by atoms with E-state index >= 15 is 0 Å². The Morgan fingerprint density at radius 2 is 1.48 bits per heavy atom. The predicted octanol–water partition coefficient (Wildman–Crippen LogP) is 6.81. The smallest absolute Gasteiger partial charge is 0.340 e. The minimum atomic E-state index is -0.317. The average Bonchev–Trinajstić information content (AvgIpc) is 3.23. The van der Waals surface area contributed by atoms with Crippen LogP contribution in [0.3, 0.4) is 0 Å². The van der Waals surface area contributed by atoms with E-state index in [1.807, 2.05) is 73.1 Å². The molecule has 4 aromatic rings. The summed E-state index contributed by atoms with van der Waals surface area (Å²) in [6.07, 6.45) is 4.97. The lowest BCUT2D eigenvalue weighted by atomic mass is 10.1. The number of benzene rings is 3. The molecule has 0 bridgehead atoms. The topological polar surface area (TPSA) is 76.0 Å². The van der Waals surface area contributed by atoms with Crippen LogP contribution in [0.4, 0.5) is 0 Å². The van der Waals surface area contributed by atoms with Crippen molar-refractivity contribution in [2.24, 2.45) is 7.05 Å². The highest BCUT2D eigenvalue weighted by molar-refractivity contribution is 6.07. The number of aromatic nitrogens is 1. The first-order valence-corrected chi connectivity index (χ1v) is 13.4. The Morgan fingerprint density at radius 1 is 0.850 bits per heavy atom. The molecular formula is C33H35NO6. The van der Waals surface area contributed by atoms with Gasteiger partial charge < -0.3 is 23.5 Å². The van der Waals surface area contributed by atoms with E-state index < -0.39 is 0 Å². The Hall–Kier alpha value is -4.52. The fourth-order valence-electron chi connectivity index (χ4n) is 4.38. The van der Waals surface area contributed by atoms with E-state index in [0.717, 1.165) is 40.8 Å². The Labute approximate surface area is 234 Å². The second-order valence-electron chi connectivity index (χ2n) is 9.32. The Bertz CT molecular complexity index is 1480. The van der Waals surface area contributed by atoms with E-state index in [1.165, 1.54) is 0 Å². The van der Waals surface area contributed by atoms with Gasteiger partial charge in [-0.25, -0.2) is 4.79 Å². The highest BCUT2D eigenvalue weighted by Gasteiger charge is 2.20. The molecule has 0 fully saturated rings. The minimum absolute atomic E-state index is 0.0715. The number of ketones is 1. The van der Waals surface area contributed by atoms with Crippen molar-refractivity contribution in [1.82, 2.24) is 4.57 Å². The summed E-state index contributed by atoms with van der Waals surface area (Å²) in [6.45, 7) is 5.12. The van der Waals surface area contributed by atoms with Gasteiger partial charge in [0.15, 0.2) is 5.78 Å². The number of nitrogens with zero attached hydrogens (tertiary/aromatic N) is 1. The van der Waals surface area contributed by atoms with Gasteiger partial charge in [-0.1, -0.05) is 18.2 Å². The molecule has 0 amide bonds. The molecule has 7 heteroatoms. The van der Waals surface area contributed by atoms with Gasteiger partial charge in [0, 0.05) is 29.2 Å². The standard InChI is InChI=1S/C33H35NO6/c1-5-38-33(36)32-23(2)34(3)30-18-17-28(22-29(30)32)40-21-7-6-20-39-27-15-11-25(12-16-27)31(35)19-10-24-8-13-26(37-4)14-9-24/h8-19,22H,5-7,20-21H2,1-4H3. The molecule has 0 aliphatic carbocycles. The van der Waals surface area contributed by atoms with E-state index in [2.05, 4.69) is 0 Å². The molecule has 0 saturated heterocycles. The van der Waals surface area contributed by atoms with Gasteiger partial charge in [0.2, 0.25) is 0 Å². The first-order chi connectivity index (χ1) is 19.4. The van der Waals surface area contributed by atoms with Gasteiger partial charge in [-0.2, -0.15) is 0 Å². The molecule has 0 saturated carbocycles. The van der Waals surface area contributed by atoms with Gasteiger partial charge in [0.25, 0.3) is 0 Å². The minimum Gasteiger partial charge on any atom is -0.497 e. The number of allylic oxidation sites excluding steroid dienone is 1. The highest BCUT2D eigenvalue weighted by atomic mass is 16.5. The number of unbranched alkanes of at least 4 members (excludes halogenated alkanes) is 1. The van der Waals surface area contributed by atoms with E-state index in [4.69, 9.17) is 18.9 Å². The Morgan fingerprint density at radius 3 is 2.12 bits per heavy atom. The van der Waals surface area contributed by atoms with Crippen molar-refractivity contribution in [3.63, 3.8) is 0 Å². The molecule has 0 N–H and O–H groups in total. The molecular weight excluding hydrogens is 506 g/mol. The first-order valence-electron chi connectivity index (χ1n) is 13.4. The van der Waals surface area contributed by atoms with Crippen molar-refractivity contribution >= 4 is 28.7 Å². The molecule has 0 radical (unpaired) electrons. The van der Waals surface area contributed by atoms with Crippen molar-refractivity contribution in [1.29, 1.82) is 0 Å². The normalized spacial score (nSPS) is 11.1. The lowest BCUT2D eigenvalue weighted by Crippen LogP contribution is -2.06. The lowest BCUT2D eigenvalue weighted by molar-refractivity contribution is 0.0527. The van der Waals surface area contributed by atoms with Crippen LogP contribution in [0.5, 0.6) is 17.2 Å². The molecule has 1 aromatic heterocycles. The number of rotatable bonds is 13. The Kier molecular flexibility index (Phi) is 9.62. The van der Waals surface area contributed by atoms with Crippen molar-refractivity contribution in [2.45, 2.75) is 26.7 Å². The largest absolute Gasteiger partial charge is 0.497 e. The number of esters is 1. The molecule has 208 valence electrons. The summed E-state index contributed by atoms with van der Waals surface area (Å²) < 4.78 is 24.2. The van der Waals surface area contributed by atoms with Crippen LogP contribution in [0.25, 0.3) is 17.0 Å². The maximum Gasteiger partial charge on any atom is 0.340 e. The van der Waals surface area contributed by atoms with Crippen LogP contribution in [-0.2, 0) is 11.8 Å². The molecule has 0 unspecified atom stereocenters. The SMILES string of the molecule is CCOC(=O)c1c(C)n(C)c2ccc(OCCCCOc3ccc(C(=O)C=Cc4ccc(OC)cc4)cc3)cc12. The van der Waals surface area contributed by atoms with Crippen LogP contribution in [0.15, 0.2) is 72.8 Å². The quantitative estimate of drug-likeness (QED) is 0.0801. The molecule has 0 aliphatic heterocycles. The number of aryl methyl sites for hydroxylation is 1. The number of fused-ring (bicyclic) bond motifs is 1. The van der Waals surface area contributed by atoms with E-state index in [1.54, 1.807) is 38.3 Å². The van der Waals surface area contributed by atoms with Crippen molar-refractivity contribution in [2.75, 3.05) is 26.9 Å². The highest BCUT2D eigenvalue weighted by Crippen LogP contribution is 2.29. The van der Waals surface area contributed by atoms with Crippen LogP contribution in [0.1, 0.15) is 51.7 Å². The zero-order valence-corrected chi connectivity index (χ0v) is 23.4. The lowest BCUT2D eigenvalue weighted by Gasteiger charge is -2.09. The number of hydrogen-bond donors (Lipinski definition) is 0. The molecule has 1 heterocycles. The van der Waals surface area contributed by atoms with Crippen molar-refractivity contribution in [3.8, 4) is 17.2 Å². The molecule has 40 heavy (non-hydrogen) atoms. The third kappa shape index (κ3) is 6.91. The number of methoxy groups -OCH3 is 1. The molecule has 4 rings (SSSR count). The summed E-state index contributed by atoms with van der Waals surface area (Å²) in [7, 11) is 3.56. The molecule has 7 nitrogen and oxygen atoms in total. The summed E-state index contributed by atoms with van der Waals surface area (Å²) in [5.74, 6) is 1.82. The van der Waals surface area contributed by atoms with Crippen molar-refractivity contribution < 1.29 is 28.5 Å². The summed E-state index contributed by atoms with van der Waals surface area (Å²) in [6, 6.07) is 20.5. The second kappa shape index (κ2) is 13.5. The zero-order valence-electron chi connectivity index (χ0n) is 23.4. The van der Waals surface area contributed by atoms with Gasteiger partial charge in [-0.15, -0.1) is 0 Å². The van der Waals surface area contributed by atoms with Gasteiger partial charge in [-0.3, -0.25) is 4.79 Å². The second-order valence-corrected chi connectivity index (χ2v) is 9.32. The van der Waals surface area contributed by atoms with Crippen LogP contribution < -0.4 is 14.2 Å². The van der Waals surface area contributed by atoms with Gasteiger partial charge in [0.05, 0.1) is 32.5 Å². The van der Waals surface area contributed by atoms with E-state index in [0.29, 0.717) is 42.4 Å². The van der Waals surface area contributed by atoms with E-state index in [9.17, 15) is 9.59 Å². The number of carbonyl (C=O) groups is 2. The summed E-state index contributed by atoms with van der Waals surface area (Å²) in [5, 5.41) is 0.831. The summed E-state index contributed by atoms with van der Waals surface area (Å²) >= 11 is 0. The van der Waals surface area contributed by atoms with Gasteiger partial charge in [0.1, 0.15) is 17.2 Å². The molecule has 0 atom stereocenters. The fraction of sp³-hybridized carbons (Fsp3) is 0.273. The fourth-order valence-corrected chi connectivity index (χ4v) is 4.38. The van der Waals surface area contributed by atoms with Crippen molar-refractivity contribution in [3.05, 3.63) is 95.2 Å². The third-order valence-electron chi connectivity index (χ3n) is 6.70. The van der Waals surface area contributed by atoms with E-state index in [-0.39, 0.29) is 11.8 Å². The number of carbonyl (C=O) groups excluding carboxylic acids is 2. The van der Waals surface area contributed by atoms with Gasteiger partial charge in [-0.05, 0) is 92.9 Å². The monoisotopic (exact) mass is 541 g/mol. The van der Waals surface area contributed by atoms with Crippen LogP contribution >= 0.6 is 0 Å². The zero-order chi connectivity index (χ0) is 28.5. The maximum absolute atomic E-state index is 12.5. The summed E-state index contributed by atoms with van der Waals surface area (Å²) in [4.78, 5) is 25.0. The molecule has 3 aromatic carbocycles. The Balaban J connectivity index is 1.22. The van der Waals surface area contributed by atoms with Crippen LogP contribution in [0, 0.1) is 6.92 Å². The van der Waals surface area contributed by atoms with Gasteiger partial charge >= 0.3 is 5.97 Å². The predicted molar refractivity (Wildman–Crippen MR) is 157 cm³/mol. The molecule has 0 aliphatic rings. The summed E-state index contributed by atoms with van der Waals surface area (Å²) in [5.41, 5.74) is 3.93. The average molecular weight is 542 g/mol. The van der Waals surface area contributed by atoms with Crippen LogP contribution in [-0.4, -0.2) is 43.3 Å². The number of hydrogen-bond acceptors (Lipinski definition) is 6. The third-order valence-corrected chi connectivity index (χ3v) is 6.70. The maximum atomic E-state index is 12.5. The molecule has 0 spiro atoms. The first kappa shape index (κ1) is 28.5.